The molecule has 0 saturated carbocycles. The number of nitrogens with zero attached hydrogens (tertiary/aromatic N) is 2. The smallest absolute Gasteiger partial charge is 0.272 e. The third-order valence-electron chi connectivity index (χ3n) is 2.48. The highest BCUT2D eigenvalue weighted by atomic mass is 19.2. The summed E-state index contributed by atoms with van der Waals surface area (Å²) in [5, 5.41) is 2.39. The molecule has 100 valence electrons. The lowest BCUT2D eigenvalue weighted by molar-refractivity contribution is 0.102. The van der Waals surface area contributed by atoms with Crippen LogP contribution in [0.1, 0.15) is 16.2 Å². The molecule has 1 amide bonds. The number of amides is 1. The second-order valence-electron chi connectivity index (χ2n) is 4.05. The second-order valence-corrected chi connectivity index (χ2v) is 4.05. The maximum Gasteiger partial charge on any atom is 0.272 e. The second kappa shape index (κ2) is 5.45. The van der Waals surface area contributed by atoms with Crippen LogP contribution in [-0.4, -0.2) is 10.9 Å². The van der Waals surface area contributed by atoms with E-state index >= 15 is 0 Å². The zero-order valence-corrected chi connectivity index (χ0v) is 10.4. The molecule has 0 aliphatic heterocycles. The first-order valence-electron chi connectivity index (χ1n) is 5.62. The summed E-state index contributed by atoms with van der Waals surface area (Å²) in [5.41, 5.74) is 0.962. The number of hydrogen-bond acceptors (Lipinski definition) is 2. The first-order chi connectivity index (χ1) is 9.49. The number of hydrogen-bond donors (Lipinski definition) is 1. The van der Waals surface area contributed by atoms with E-state index < -0.39 is 17.5 Å². The molecule has 0 radical (unpaired) electrons. The van der Waals surface area contributed by atoms with Gasteiger partial charge < -0.3 is 5.32 Å². The van der Waals surface area contributed by atoms with Crippen LogP contribution in [0.3, 0.4) is 0 Å². The van der Waals surface area contributed by atoms with Crippen molar-refractivity contribution in [3.8, 4) is 0 Å². The first-order valence-corrected chi connectivity index (χ1v) is 5.62. The Morgan fingerprint density at radius 2 is 2.00 bits per heavy atom. The molecular formula is C14H9F2N3O. The Balaban J connectivity index is 2.26. The van der Waals surface area contributed by atoms with Crippen LogP contribution in [0.15, 0.2) is 30.3 Å². The zero-order chi connectivity index (χ0) is 14.7. The maximum atomic E-state index is 13.0. The van der Waals surface area contributed by atoms with Gasteiger partial charge in [-0.1, -0.05) is 0 Å². The summed E-state index contributed by atoms with van der Waals surface area (Å²) >= 11 is 0. The Bertz CT molecular complexity index is 723. The van der Waals surface area contributed by atoms with Crippen molar-refractivity contribution in [1.82, 2.24) is 4.98 Å². The highest BCUT2D eigenvalue weighted by Gasteiger charge is 2.11. The summed E-state index contributed by atoms with van der Waals surface area (Å²) in [7, 11) is 0. The third kappa shape index (κ3) is 2.95. The van der Waals surface area contributed by atoms with Crippen molar-refractivity contribution >= 4 is 17.3 Å². The standard InChI is InChI=1S/C14H9F2N3O/c1-8-5-10(17-2)7-13(18-8)14(20)19-9-3-4-11(15)12(16)6-9/h3-7H,1H3,(H,19,20). The van der Waals surface area contributed by atoms with Crippen molar-refractivity contribution in [2.45, 2.75) is 6.92 Å². The summed E-state index contributed by atoms with van der Waals surface area (Å²) in [6.45, 7) is 8.58. The van der Waals surface area contributed by atoms with Gasteiger partial charge in [-0.25, -0.2) is 13.6 Å². The summed E-state index contributed by atoms with van der Waals surface area (Å²) in [5.74, 6) is -2.64. The Hall–Kier alpha value is -2.81. The SMILES string of the molecule is [C-]#[N+]c1cc(C)nc(C(=O)Nc2ccc(F)c(F)c2)c1. The minimum Gasteiger partial charge on any atom is -0.321 e. The maximum absolute atomic E-state index is 13.0. The van der Waals surface area contributed by atoms with Gasteiger partial charge in [-0.3, -0.25) is 9.78 Å². The van der Waals surface area contributed by atoms with Crippen molar-refractivity contribution < 1.29 is 13.6 Å². The molecule has 6 heteroatoms. The number of halogens is 2. The fraction of sp³-hybridized carbons (Fsp3) is 0.0714. The van der Waals surface area contributed by atoms with Gasteiger partial charge in [0.05, 0.1) is 6.57 Å². The van der Waals surface area contributed by atoms with Gasteiger partial charge in [-0.05, 0) is 31.2 Å². The molecule has 2 rings (SSSR count). The van der Waals surface area contributed by atoms with Crippen molar-refractivity contribution in [2.75, 3.05) is 5.32 Å². The highest BCUT2D eigenvalue weighted by molar-refractivity contribution is 6.03. The fourth-order valence-corrected chi connectivity index (χ4v) is 1.60. The highest BCUT2D eigenvalue weighted by Crippen LogP contribution is 2.17. The van der Waals surface area contributed by atoms with E-state index in [-0.39, 0.29) is 17.1 Å². The number of pyridine rings is 1. The van der Waals surface area contributed by atoms with Gasteiger partial charge in [0.15, 0.2) is 17.3 Å². The van der Waals surface area contributed by atoms with Crippen LogP contribution < -0.4 is 5.32 Å². The molecule has 1 aromatic heterocycles. The van der Waals surface area contributed by atoms with Gasteiger partial charge in [0.25, 0.3) is 5.91 Å². The van der Waals surface area contributed by atoms with Crippen molar-refractivity contribution in [3.05, 3.63) is 64.8 Å². The first kappa shape index (κ1) is 13.6. The summed E-state index contributed by atoms with van der Waals surface area (Å²) in [4.78, 5) is 19.2. The van der Waals surface area contributed by atoms with E-state index in [1.807, 2.05) is 0 Å². The fourth-order valence-electron chi connectivity index (χ4n) is 1.60. The average molecular weight is 273 g/mol. The molecule has 2 aromatic rings. The minimum atomic E-state index is -1.05. The molecule has 1 heterocycles. The Morgan fingerprint density at radius 1 is 1.25 bits per heavy atom. The van der Waals surface area contributed by atoms with E-state index in [4.69, 9.17) is 6.57 Å². The average Bonchev–Trinajstić information content (AvgIpc) is 2.42. The molecule has 0 fully saturated rings. The van der Waals surface area contributed by atoms with Crippen molar-refractivity contribution in [2.24, 2.45) is 0 Å². The van der Waals surface area contributed by atoms with Crippen molar-refractivity contribution in [1.29, 1.82) is 0 Å². The van der Waals surface area contributed by atoms with Crippen LogP contribution in [0.4, 0.5) is 20.2 Å². The van der Waals surface area contributed by atoms with Gasteiger partial charge in [0.1, 0.15) is 5.69 Å². The van der Waals surface area contributed by atoms with Crippen LogP contribution >= 0.6 is 0 Å². The van der Waals surface area contributed by atoms with Crippen LogP contribution in [0.5, 0.6) is 0 Å². The van der Waals surface area contributed by atoms with Crippen LogP contribution in [0.25, 0.3) is 4.85 Å². The lowest BCUT2D eigenvalue weighted by atomic mass is 10.2. The minimum absolute atomic E-state index is 0.0423. The molecule has 0 unspecified atom stereocenters. The summed E-state index contributed by atoms with van der Waals surface area (Å²) in [6.07, 6.45) is 0. The molecule has 0 aliphatic rings. The van der Waals surface area contributed by atoms with Crippen LogP contribution in [0.2, 0.25) is 0 Å². The predicted octanol–water partition coefficient (Wildman–Crippen LogP) is 3.47. The Morgan fingerprint density at radius 3 is 2.65 bits per heavy atom. The van der Waals surface area contributed by atoms with E-state index in [9.17, 15) is 13.6 Å². The number of rotatable bonds is 2. The lowest BCUT2D eigenvalue weighted by Crippen LogP contribution is -2.14. The molecule has 1 N–H and O–H groups in total. The van der Waals surface area contributed by atoms with Gasteiger partial charge in [0.2, 0.25) is 0 Å². The zero-order valence-electron chi connectivity index (χ0n) is 10.4. The number of aromatic nitrogens is 1. The topological polar surface area (TPSA) is 46.4 Å². The van der Waals surface area contributed by atoms with Crippen LogP contribution in [0, 0.1) is 25.1 Å². The molecule has 0 bridgehead atoms. The Kier molecular flexibility index (Phi) is 3.71. The van der Waals surface area contributed by atoms with Gasteiger partial charge in [-0.15, -0.1) is 0 Å². The predicted molar refractivity (Wildman–Crippen MR) is 69.5 cm³/mol. The number of carbonyl (C=O) groups excluding carboxylic acids is 1. The number of carbonyl (C=O) groups is 1. The van der Waals surface area contributed by atoms with E-state index in [2.05, 4.69) is 15.1 Å². The molecular weight excluding hydrogens is 264 g/mol. The van der Waals surface area contributed by atoms with E-state index in [1.165, 1.54) is 12.1 Å². The van der Waals surface area contributed by atoms with Gasteiger partial charge in [0, 0.05) is 17.4 Å². The quantitative estimate of drug-likeness (QED) is 0.851. The molecule has 20 heavy (non-hydrogen) atoms. The third-order valence-corrected chi connectivity index (χ3v) is 2.48. The lowest BCUT2D eigenvalue weighted by Gasteiger charge is -2.06. The molecule has 0 saturated heterocycles. The summed E-state index contributed by atoms with van der Waals surface area (Å²) in [6, 6.07) is 5.90. The number of aryl methyl sites for hydroxylation is 1. The molecule has 0 spiro atoms. The molecule has 4 nitrogen and oxygen atoms in total. The molecule has 1 aromatic carbocycles. The van der Waals surface area contributed by atoms with E-state index in [1.54, 1.807) is 13.0 Å². The number of benzene rings is 1. The molecule has 0 atom stereocenters. The Labute approximate surface area is 113 Å². The number of anilines is 1. The van der Waals surface area contributed by atoms with E-state index in [0.717, 1.165) is 12.1 Å². The van der Waals surface area contributed by atoms with Gasteiger partial charge in [-0.2, -0.15) is 0 Å². The largest absolute Gasteiger partial charge is 0.321 e. The van der Waals surface area contributed by atoms with E-state index in [0.29, 0.717) is 5.69 Å². The monoisotopic (exact) mass is 273 g/mol. The normalized spacial score (nSPS) is 9.90. The van der Waals surface area contributed by atoms with Crippen molar-refractivity contribution in [3.63, 3.8) is 0 Å². The summed E-state index contributed by atoms with van der Waals surface area (Å²) < 4.78 is 25.8. The number of nitrogens with one attached hydrogen (secondary N) is 1. The molecule has 0 aliphatic carbocycles. The van der Waals surface area contributed by atoms with Crippen LogP contribution in [-0.2, 0) is 0 Å². The van der Waals surface area contributed by atoms with Gasteiger partial charge >= 0.3 is 0 Å².